The highest BCUT2D eigenvalue weighted by Crippen LogP contribution is 2.31. The highest BCUT2D eigenvalue weighted by atomic mass is 32.2. The molecule has 1 N–H and O–H groups in total. The Bertz CT molecular complexity index is 522. The molecule has 0 spiro atoms. The first-order chi connectivity index (χ1) is 11.7. The maximum atomic E-state index is 12.6. The van der Waals surface area contributed by atoms with Gasteiger partial charge in [-0.2, -0.15) is 0 Å². The first-order valence-electron chi connectivity index (χ1n) is 9.28. The zero-order valence-electron chi connectivity index (χ0n) is 14.5. The van der Waals surface area contributed by atoms with Crippen LogP contribution in [0.4, 0.5) is 5.13 Å². The second-order valence-electron chi connectivity index (χ2n) is 6.85. The van der Waals surface area contributed by atoms with Gasteiger partial charge in [-0.1, -0.05) is 55.2 Å². The number of hydrogen-bond acceptors (Lipinski definition) is 6. The Labute approximate surface area is 153 Å². The molecular formula is C17H28N4OS2. The Morgan fingerprint density at radius 3 is 2.50 bits per heavy atom. The molecule has 7 heteroatoms. The summed E-state index contributed by atoms with van der Waals surface area (Å²) in [6.07, 6.45) is 11.2. The van der Waals surface area contributed by atoms with Crippen LogP contribution in [0.5, 0.6) is 0 Å². The number of nitrogens with one attached hydrogen (secondary N) is 1. The molecule has 1 aliphatic carbocycles. The van der Waals surface area contributed by atoms with Crippen LogP contribution in [-0.4, -0.2) is 45.4 Å². The van der Waals surface area contributed by atoms with E-state index < -0.39 is 0 Å². The van der Waals surface area contributed by atoms with Crippen LogP contribution >= 0.6 is 23.1 Å². The molecule has 134 valence electrons. The van der Waals surface area contributed by atoms with Gasteiger partial charge in [0.05, 0.1) is 5.25 Å². The number of nitrogens with zero attached hydrogens (tertiary/aromatic N) is 3. The Balaban J connectivity index is 1.50. The minimum absolute atomic E-state index is 0.0846. The van der Waals surface area contributed by atoms with Gasteiger partial charge in [0.2, 0.25) is 11.0 Å². The van der Waals surface area contributed by atoms with E-state index in [0.29, 0.717) is 6.04 Å². The second kappa shape index (κ2) is 9.04. The van der Waals surface area contributed by atoms with Crippen molar-refractivity contribution in [2.24, 2.45) is 0 Å². The molecule has 1 aliphatic heterocycles. The lowest BCUT2D eigenvalue weighted by Crippen LogP contribution is -2.37. The van der Waals surface area contributed by atoms with Crippen LogP contribution in [0.1, 0.15) is 64.7 Å². The fraction of sp³-hybridized carbons (Fsp3) is 0.824. The van der Waals surface area contributed by atoms with E-state index in [4.69, 9.17) is 0 Å². The molecule has 2 heterocycles. The van der Waals surface area contributed by atoms with E-state index in [-0.39, 0.29) is 11.2 Å². The quantitative estimate of drug-likeness (QED) is 0.791. The fourth-order valence-corrected chi connectivity index (χ4v) is 5.54. The van der Waals surface area contributed by atoms with Crippen molar-refractivity contribution in [2.45, 2.75) is 80.3 Å². The van der Waals surface area contributed by atoms with Gasteiger partial charge < -0.3 is 10.2 Å². The molecule has 1 aromatic rings. The Hall–Kier alpha value is -0.820. The summed E-state index contributed by atoms with van der Waals surface area (Å²) in [5.41, 5.74) is 0. The first-order valence-corrected chi connectivity index (χ1v) is 11.0. The molecular weight excluding hydrogens is 340 g/mol. The number of hydrogen-bond donors (Lipinski definition) is 1. The standard InChI is InChI=1S/C17H28N4OS2/c1-13(15(22)21-11-7-2-3-8-12-21)23-17-20-19-16(24-17)18-14-9-5-4-6-10-14/h13-14H,2-12H2,1H3,(H,18,19)/t13-/m0/s1. The molecule has 0 unspecified atom stereocenters. The summed E-state index contributed by atoms with van der Waals surface area (Å²) in [7, 11) is 0. The maximum absolute atomic E-state index is 12.6. The maximum Gasteiger partial charge on any atom is 0.235 e. The number of carbonyl (C=O) groups is 1. The van der Waals surface area contributed by atoms with Gasteiger partial charge in [-0.15, -0.1) is 10.2 Å². The Morgan fingerprint density at radius 2 is 1.79 bits per heavy atom. The average Bonchev–Trinajstić information content (AvgIpc) is 2.86. The zero-order valence-corrected chi connectivity index (χ0v) is 16.1. The predicted octanol–water partition coefficient (Wildman–Crippen LogP) is 4.17. The van der Waals surface area contributed by atoms with Crippen molar-refractivity contribution in [2.75, 3.05) is 18.4 Å². The number of anilines is 1. The molecule has 0 aromatic carbocycles. The molecule has 2 aliphatic rings. The number of likely N-dealkylation sites (tertiary alicyclic amines) is 1. The zero-order chi connectivity index (χ0) is 16.8. The van der Waals surface area contributed by atoms with Crippen molar-refractivity contribution in [3.8, 4) is 0 Å². The van der Waals surface area contributed by atoms with Crippen LogP contribution in [0.25, 0.3) is 0 Å². The number of amides is 1. The number of thioether (sulfide) groups is 1. The third-order valence-electron chi connectivity index (χ3n) is 4.88. The lowest BCUT2D eigenvalue weighted by Gasteiger charge is -2.23. The summed E-state index contributed by atoms with van der Waals surface area (Å²) in [4.78, 5) is 14.7. The van der Waals surface area contributed by atoms with Crippen LogP contribution in [-0.2, 0) is 4.79 Å². The van der Waals surface area contributed by atoms with Crippen LogP contribution in [0.15, 0.2) is 4.34 Å². The first kappa shape index (κ1) is 18.0. The van der Waals surface area contributed by atoms with Crippen molar-refractivity contribution >= 4 is 34.1 Å². The topological polar surface area (TPSA) is 58.1 Å². The van der Waals surface area contributed by atoms with E-state index in [1.165, 1.54) is 44.9 Å². The van der Waals surface area contributed by atoms with Crippen LogP contribution in [0.3, 0.4) is 0 Å². The average molecular weight is 369 g/mol. The molecule has 0 radical (unpaired) electrons. The molecule has 0 bridgehead atoms. The Kier molecular flexibility index (Phi) is 6.77. The number of aromatic nitrogens is 2. The number of rotatable bonds is 5. The van der Waals surface area contributed by atoms with E-state index in [2.05, 4.69) is 15.5 Å². The van der Waals surface area contributed by atoms with E-state index in [1.807, 2.05) is 11.8 Å². The van der Waals surface area contributed by atoms with Crippen LogP contribution in [0.2, 0.25) is 0 Å². The van der Waals surface area contributed by atoms with E-state index in [1.54, 1.807) is 23.1 Å². The summed E-state index contributed by atoms with van der Waals surface area (Å²) in [5.74, 6) is 0.249. The second-order valence-corrected chi connectivity index (χ2v) is 9.42. The third kappa shape index (κ3) is 5.09. The normalized spacial score (nSPS) is 21.3. The Morgan fingerprint density at radius 1 is 1.12 bits per heavy atom. The van der Waals surface area contributed by atoms with Gasteiger partial charge in [-0.05, 0) is 32.6 Å². The van der Waals surface area contributed by atoms with Crippen molar-refractivity contribution in [1.82, 2.24) is 15.1 Å². The molecule has 1 atom stereocenters. The third-order valence-corrected chi connectivity index (χ3v) is 6.91. The fourth-order valence-electron chi connectivity index (χ4n) is 3.49. The largest absolute Gasteiger partial charge is 0.357 e. The van der Waals surface area contributed by atoms with Gasteiger partial charge in [0.15, 0.2) is 4.34 Å². The molecule has 24 heavy (non-hydrogen) atoms. The highest BCUT2D eigenvalue weighted by Gasteiger charge is 2.24. The number of carbonyl (C=O) groups excluding carboxylic acids is 1. The summed E-state index contributed by atoms with van der Waals surface area (Å²) in [5, 5.41) is 12.9. The minimum Gasteiger partial charge on any atom is -0.357 e. The van der Waals surface area contributed by atoms with Crippen molar-refractivity contribution in [1.29, 1.82) is 0 Å². The summed E-state index contributed by atoms with van der Waals surface area (Å²) in [6.45, 7) is 3.82. The van der Waals surface area contributed by atoms with E-state index in [9.17, 15) is 4.79 Å². The van der Waals surface area contributed by atoms with Crippen molar-refractivity contribution in [3.63, 3.8) is 0 Å². The minimum atomic E-state index is -0.0846. The molecule has 2 fully saturated rings. The van der Waals surface area contributed by atoms with Gasteiger partial charge in [0.1, 0.15) is 0 Å². The molecule has 1 amide bonds. The highest BCUT2D eigenvalue weighted by molar-refractivity contribution is 8.02. The van der Waals surface area contributed by atoms with E-state index in [0.717, 1.165) is 35.4 Å². The molecule has 1 saturated carbocycles. The smallest absolute Gasteiger partial charge is 0.235 e. The SMILES string of the molecule is C[C@H](Sc1nnc(NC2CCCCC2)s1)C(=O)N1CCCCCC1. The van der Waals surface area contributed by atoms with Crippen molar-refractivity contribution in [3.05, 3.63) is 0 Å². The predicted molar refractivity (Wildman–Crippen MR) is 101 cm³/mol. The summed E-state index contributed by atoms with van der Waals surface area (Å²) in [6, 6.07) is 0.542. The molecule has 1 aromatic heterocycles. The van der Waals surface area contributed by atoms with Crippen molar-refractivity contribution < 1.29 is 4.79 Å². The molecule has 3 rings (SSSR count). The van der Waals surface area contributed by atoms with Crippen LogP contribution in [0, 0.1) is 0 Å². The van der Waals surface area contributed by atoms with E-state index >= 15 is 0 Å². The van der Waals surface area contributed by atoms with Gasteiger partial charge in [0, 0.05) is 19.1 Å². The molecule has 5 nitrogen and oxygen atoms in total. The van der Waals surface area contributed by atoms with Gasteiger partial charge >= 0.3 is 0 Å². The van der Waals surface area contributed by atoms with Gasteiger partial charge in [-0.25, -0.2) is 0 Å². The molecule has 1 saturated heterocycles. The van der Waals surface area contributed by atoms with Gasteiger partial charge in [0.25, 0.3) is 0 Å². The lowest BCUT2D eigenvalue weighted by molar-refractivity contribution is -0.130. The van der Waals surface area contributed by atoms with Crippen LogP contribution < -0.4 is 5.32 Å². The monoisotopic (exact) mass is 368 g/mol. The summed E-state index contributed by atoms with van der Waals surface area (Å²) < 4.78 is 0.893. The lowest BCUT2D eigenvalue weighted by atomic mass is 9.96. The van der Waals surface area contributed by atoms with Gasteiger partial charge in [-0.3, -0.25) is 4.79 Å². The summed E-state index contributed by atoms with van der Waals surface area (Å²) >= 11 is 3.13.